The summed E-state index contributed by atoms with van der Waals surface area (Å²) in [6.07, 6.45) is 11.5. The molecule has 23 heavy (non-hydrogen) atoms. The first-order valence-electron chi connectivity index (χ1n) is 8.84. The number of nitrogens with one attached hydrogen (secondary N) is 1. The third-order valence-electron chi connectivity index (χ3n) is 4.60. The minimum atomic E-state index is -0.154. The molecule has 122 valence electrons. The molecule has 1 N–H and O–H groups in total. The first-order valence-corrected chi connectivity index (χ1v) is 8.84. The SMILES string of the molecule is O=C(NN=C1CCCCC1)c1ccccc1N=C1CCCCC1. The number of carbonyl (C=O) groups is 1. The highest BCUT2D eigenvalue weighted by molar-refractivity contribution is 6.01. The lowest BCUT2D eigenvalue weighted by Gasteiger charge is -2.14. The number of benzene rings is 1. The Morgan fingerprint density at radius 3 is 2.13 bits per heavy atom. The minimum Gasteiger partial charge on any atom is -0.267 e. The van der Waals surface area contributed by atoms with Gasteiger partial charge < -0.3 is 0 Å². The van der Waals surface area contributed by atoms with Crippen molar-refractivity contribution < 1.29 is 4.79 Å². The fourth-order valence-electron chi connectivity index (χ4n) is 3.27. The van der Waals surface area contributed by atoms with E-state index in [-0.39, 0.29) is 5.91 Å². The molecule has 0 radical (unpaired) electrons. The molecule has 1 aromatic rings. The van der Waals surface area contributed by atoms with Gasteiger partial charge in [0.15, 0.2) is 0 Å². The second-order valence-electron chi connectivity index (χ2n) is 6.44. The largest absolute Gasteiger partial charge is 0.273 e. The van der Waals surface area contributed by atoms with Crippen LogP contribution in [0.5, 0.6) is 0 Å². The molecule has 3 rings (SSSR count). The highest BCUT2D eigenvalue weighted by Gasteiger charge is 2.13. The van der Waals surface area contributed by atoms with Gasteiger partial charge in [-0.2, -0.15) is 5.10 Å². The van der Waals surface area contributed by atoms with Crippen molar-refractivity contribution in [3.05, 3.63) is 29.8 Å². The van der Waals surface area contributed by atoms with Crippen LogP contribution in [0.15, 0.2) is 34.4 Å². The molecule has 2 aliphatic rings. The molecule has 0 atom stereocenters. The van der Waals surface area contributed by atoms with Crippen molar-refractivity contribution in [2.24, 2.45) is 10.1 Å². The van der Waals surface area contributed by atoms with Gasteiger partial charge in [0.05, 0.1) is 11.3 Å². The Bertz CT molecular complexity index is 603. The number of hydrazone groups is 1. The second-order valence-corrected chi connectivity index (χ2v) is 6.44. The number of nitrogens with zero attached hydrogens (tertiary/aromatic N) is 2. The number of carbonyl (C=O) groups excluding carboxylic acids is 1. The van der Waals surface area contributed by atoms with Gasteiger partial charge in [0.1, 0.15) is 0 Å². The second kappa shape index (κ2) is 8.04. The van der Waals surface area contributed by atoms with E-state index in [1.807, 2.05) is 24.3 Å². The van der Waals surface area contributed by atoms with E-state index < -0.39 is 0 Å². The average Bonchev–Trinajstić information content (AvgIpc) is 2.62. The zero-order valence-corrected chi connectivity index (χ0v) is 13.7. The van der Waals surface area contributed by atoms with Crippen LogP contribution in [-0.4, -0.2) is 17.3 Å². The lowest BCUT2D eigenvalue weighted by atomic mass is 9.98. The summed E-state index contributed by atoms with van der Waals surface area (Å²) in [5, 5.41) is 4.32. The van der Waals surface area contributed by atoms with Gasteiger partial charge in [0.25, 0.3) is 5.91 Å². The summed E-state index contributed by atoms with van der Waals surface area (Å²) < 4.78 is 0. The van der Waals surface area contributed by atoms with E-state index in [2.05, 4.69) is 10.5 Å². The summed E-state index contributed by atoms with van der Waals surface area (Å²) in [6.45, 7) is 0. The Hall–Kier alpha value is -1.97. The van der Waals surface area contributed by atoms with Gasteiger partial charge in [-0.15, -0.1) is 0 Å². The van der Waals surface area contributed by atoms with Crippen LogP contribution in [0.1, 0.15) is 74.6 Å². The molecule has 0 unspecified atom stereocenters. The van der Waals surface area contributed by atoms with E-state index in [0.717, 1.165) is 37.1 Å². The molecule has 2 aliphatic carbocycles. The van der Waals surface area contributed by atoms with Crippen LogP contribution in [0.3, 0.4) is 0 Å². The number of para-hydroxylation sites is 1. The molecule has 1 aromatic carbocycles. The van der Waals surface area contributed by atoms with E-state index in [1.165, 1.54) is 44.2 Å². The topological polar surface area (TPSA) is 53.8 Å². The van der Waals surface area contributed by atoms with Crippen LogP contribution in [0, 0.1) is 0 Å². The number of hydrogen-bond acceptors (Lipinski definition) is 3. The van der Waals surface area contributed by atoms with Crippen molar-refractivity contribution in [3.8, 4) is 0 Å². The van der Waals surface area contributed by atoms with Gasteiger partial charge in [0.2, 0.25) is 0 Å². The minimum absolute atomic E-state index is 0.154. The zero-order valence-electron chi connectivity index (χ0n) is 13.7. The zero-order chi connectivity index (χ0) is 15.9. The van der Waals surface area contributed by atoms with E-state index in [4.69, 9.17) is 4.99 Å². The van der Waals surface area contributed by atoms with Gasteiger partial charge in [-0.25, -0.2) is 5.43 Å². The van der Waals surface area contributed by atoms with Crippen LogP contribution < -0.4 is 5.43 Å². The molecule has 1 amide bonds. The molecule has 0 bridgehead atoms. The van der Waals surface area contributed by atoms with Crippen LogP contribution in [0.2, 0.25) is 0 Å². The quantitative estimate of drug-likeness (QED) is 0.803. The summed E-state index contributed by atoms with van der Waals surface area (Å²) in [5.41, 5.74) is 6.44. The first kappa shape index (κ1) is 15.9. The van der Waals surface area contributed by atoms with Crippen molar-refractivity contribution in [2.45, 2.75) is 64.2 Å². The van der Waals surface area contributed by atoms with Gasteiger partial charge in [0, 0.05) is 11.4 Å². The number of aliphatic imine (C=N–C) groups is 1. The molecular formula is C19H25N3O. The maximum absolute atomic E-state index is 12.5. The van der Waals surface area contributed by atoms with Crippen LogP contribution in [-0.2, 0) is 0 Å². The van der Waals surface area contributed by atoms with Crippen molar-refractivity contribution >= 4 is 23.0 Å². The monoisotopic (exact) mass is 311 g/mol. The lowest BCUT2D eigenvalue weighted by Crippen LogP contribution is -2.21. The fourth-order valence-corrected chi connectivity index (χ4v) is 3.27. The highest BCUT2D eigenvalue weighted by atomic mass is 16.2. The number of amides is 1. The maximum atomic E-state index is 12.5. The van der Waals surface area contributed by atoms with E-state index in [1.54, 1.807) is 0 Å². The van der Waals surface area contributed by atoms with Gasteiger partial charge in [-0.05, 0) is 63.5 Å². The molecule has 4 heteroatoms. The lowest BCUT2D eigenvalue weighted by molar-refractivity contribution is 0.0955. The average molecular weight is 311 g/mol. The smallest absolute Gasteiger partial charge is 0.267 e. The molecule has 2 fully saturated rings. The predicted octanol–water partition coefficient (Wildman–Crippen LogP) is 4.77. The van der Waals surface area contributed by atoms with E-state index in [9.17, 15) is 4.79 Å². The van der Waals surface area contributed by atoms with Crippen LogP contribution >= 0.6 is 0 Å². The molecule has 4 nitrogen and oxygen atoms in total. The van der Waals surface area contributed by atoms with Crippen molar-refractivity contribution in [1.82, 2.24) is 5.43 Å². The normalized spacial score (nSPS) is 18.4. The highest BCUT2D eigenvalue weighted by Crippen LogP contribution is 2.23. The molecule has 0 aliphatic heterocycles. The molecule has 0 saturated heterocycles. The summed E-state index contributed by atoms with van der Waals surface area (Å²) >= 11 is 0. The summed E-state index contributed by atoms with van der Waals surface area (Å²) in [6, 6.07) is 7.57. The van der Waals surface area contributed by atoms with Crippen LogP contribution in [0.4, 0.5) is 5.69 Å². The molecule has 2 saturated carbocycles. The van der Waals surface area contributed by atoms with Gasteiger partial charge in [-0.3, -0.25) is 9.79 Å². The molecule has 0 spiro atoms. The maximum Gasteiger partial charge on any atom is 0.273 e. The fraction of sp³-hybridized carbons (Fsp3) is 0.526. The molecular weight excluding hydrogens is 286 g/mol. The van der Waals surface area contributed by atoms with Crippen molar-refractivity contribution in [2.75, 3.05) is 0 Å². The van der Waals surface area contributed by atoms with E-state index in [0.29, 0.717) is 5.56 Å². The van der Waals surface area contributed by atoms with Crippen molar-refractivity contribution in [3.63, 3.8) is 0 Å². The third-order valence-corrected chi connectivity index (χ3v) is 4.60. The standard InChI is InChI=1S/C19H25N3O/c23-19(22-21-16-11-5-2-6-12-16)17-13-7-8-14-18(17)20-15-9-3-1-4-10-15/h7-8,13-14H,1-6,9-12H2,(H,22,23). The Morgan fingerprint density at radius 2 is 1.43 bits per heavy atom. The first-order chi connectivity index (χ1) is 11.3. The van der Waals surface area contributed by atoms with Gasteiger partial charge in [-0.1, -0.05) is 25.0 Å². The third kappa shape index (κ3) is 4.50. The Balaban J connectivity index is 1.72. The summed E-state index contributed by atoms with van der Waals surface area (Å²) in [5.74, 6) is -0.154. The van der Waals surface area contributed by atoms with Crippen LogP contribution in [0.25, 0.3) is 0 Å². The number of rotatable bonds is 3. The molecule has 0 heterocycles. The Labute approximate surface area is 138 Å². The Kier molecular flexibility index (Phi) is 5.56. The van der Waals surface area contributed by atoms with Crippen molar-refractivity contribution in [1.29, 1.82) is 0 Å². The van der Waals surface area contributed by atoms with Gasteiger partial charge >= 0.3 is 0 Å². The molecule has 0 aromatic heterocycles. The number of hydrogen-bond donors (Lipinski definition) is 1. The van der Waals surface area contributed by atoms with E-state index >= 15 is 0 Å². The summed E-state index contributed by atoms with van der Waals surface area (Å²) in [4.78, 5) is 17.2. The summed E-state index contributed by atoms with van der Waals surface area (Å²) in [7, 11) is 0. The predicted molar refractivity (Wildman–Crippen MR) is 94.6 cm³/mol. The Morgan fingerprint density at radius 1 is 0.826 bits per heavy atom.